The predicted octanol–water partition coefficient (Wildman–Crippen LogP) is 4.33. The number of halogens is 1. The number of aromatic nitrogens is 2. The van der Waals surface area contributed by atoms with E-state index in [2.05, 4.69) is 21.0 Å². The predicted molar refractivity (Wildman–Crippen MR) is 127 cm³/mol. The van der Waals surface area contributed by atoms with Gasteiger partial charge in [-0.3, -0.25) is 19.2 Å². The minimum atomic E-state index is -0.671. The molecule has 1 aromatic heterocycles. The molecule has 4 rings (SSSR count). The highest BCUT2D eigenvalue weighted by atomic mass is 79.9. The topological polar surface area (TPSA) is 84.7 Å². The summed E-state index contributed by atoms with van der Waals surface area (Å²) in [6.45, 7) is 6.37. The quantitative estimate of drug-likeness (QED) is 0.458. The van der Waals surface area contributed by atoms with Crippen molar-refractivity contribution in [3.8, 4) is 0 Å². The largest absolute Gasteiger partial charge is 0.444 e. The summed E-state index contributed by atoms with van der Waals surface area (Å²) in [5.41, 5.74) is 0.954. The third kappa shape index (κ3) is 4.93. The van der Waals surface area contributed by atoms with Gasteiger partial charge in [0.1, 0.15) is 5.60 Å². The fraction of sp³-hybridized carbons (Fsp3) is 0.333. The van der Waals surface area contributed by atoms with Gasteiger partial charge in [-0.15, -0.1) is 0 Å². The molecule has 172 valence electrons. The van der Waals surface area contributed by atoms with Crippen LogP contribution in [0.3, 0.4) is 0 Å². The molecule has 0 saturated heterocycles. The van der Waals surface area contributed by atoms with Crippen molar-refractivity contribution in [1.29, 1.82) is 0 Å². The summed E-state index contributed by atoms with van der Waals surface area (Å²) in [5.74, 6) is -0.689. The molecule has 0 spiro atoms. The Morgan fingerprint density at radius 2 is 1.64 bits per heavy atom. The normalized spacial score (nSPS) is 13.5. The van der Waals surface area contributed by atoms with Crippen molar-refractivity contribution in [1.82, 2.24) is 19.6 Å². The number of hydrogen-bond acceptors (Lipinski definition) is 5. The van der Waals surface area contributed by atoms with E-state index >= 15 is 0 Å². The minimum absolute atomic E-state index is 0.0816. The minimum Gasteiger partial charge on any atom is -0.444 e. The van der Waals surface area contributed by atoms with Gasteiger partial charge in [-0.05, 0) is 45.0 Å². The molecule has 2 heterocycles. The second-order valence-electron chi connectivity index (χ2n) is 8.84. The monoisotopic (exact) mass is 512 g/mol. The van der Waals surface area contributed by atoms with Crippen LogP contribution in [-0.2, 0) is 11.3 Å². The number of carbonyl (C=O) groups is 3. The van der Waals surface area contributed by atoms with E-state index < -0.39 is 11.7 Å². The third-order valence-electron chi connectivity index (χ3n) is 5.27. The number of hydrogen-bond donors (Lipinski definition) is 0. The van der Waals surface area contributed by atoms with Crippen LogP contribution < -0.4 is 0 Å². The van der Waals surface area contributed by atoms with Crippen molar-refractivity contribution >= 4 is 44.7 Å². The molecule has 33 heavy (non-hydrogen) atoms. The van der Waals surface area contributed by atoms with E-state index in [0.717, 1.165) is 15.4 Å². The van der Waals surface area contributed by atoms with E-state index in [9.17, 15) is 14.4 Å². The van der Waals surface area contributed by atoms with Crippen LogP contribution in [0.1, 0.15) is 41.5 Å². The lowest BCUT2D eigenvalue weighted by Gasteiger charge is -2.28. The highest BCUT2D eigenvalue weighted by Crippen LogP contribution is 2.23. The summed E-state index contributed by atoms with van der Waals surface area (Å²) in [6, 6.07) is 12.5. The molecule has 0 saturated carbocycles. The molecular weight excluding hydrogens is 488 g/mol. The first-order valence-electron chi connectivity index (χ1n) is 10.7. The first kappa shape index (κ1) is 23.0. The van der Waals surface area contributed by atoms with Gasteiger partial charge >= 0.3 is 6.09 Å². The maximum absolute atomic E-state index is 12.9. The zero-order valence-corrected chi connectivity index (χ0v) is 20.3. The molecule has 3 aromatic rings. The molecule has 0 aliphatic carbocycles. The fourth-order valence-electron chi connectivity index (χ4n) is 3.68. The number of benzene rings is 2. The summed E-state index contributed by atoms with van der Waals surface area (Å²) in [4.78, 5) is 40.9. The van der Waals surface area contributed by atoms with Gasteiger partial charge in [0.15, 0.2) is 0 Å². The van der Waals surface area contributed by atoms with E-state index in [1.54, 1.807) is 49.7 Å². The number of carbonyl (C=O) groups excluding carboxylic acids is 3. The Bertz CT molecular complexity index is 1200. The number of rotatable bonds is 6. The molecule has 0 unspecified atom stereocenters. The maximum atomic E-state index is 12.9. The van der Waals surface area contributed by atoms with Crippen LogP contribution in [0.2, 0.25) is 0 Å². The van der Waals surface area contributed by atoms with Gasteiger partial charge in [-0.25, -0.2) is 4.79 Å². The molecule has 0 radical (unpaired) electrons. The second kappa shape index (κ2) is 8.97. The van der Waals surface area contributed by atoms with E-state index in [1.165, 1.54) is 9.80 Å². The Hall–Kier alpha value is -3.20. The highest BCUT2D eigenvalue weighted by Gasteiger charge is 2.35. The average molecular weight is 513 g/mol. The molecular formula is C24H25BrN4O4. The van der Waals surface area contributed by atoms with E-state index in [0.29, 0.717) is 24.2 Å². The number of imide groups is 1. The summed E-state index contributed by atoms with van der Waals surface area (Å²) in [6.07, 6.45) is 1.41. The zero-order valence-electron chi connectivity index (χ0n) is 18.7. The molecule has 0 bridgehead atoms. The second-order valence-corrected chi connectivity index (χ2v) is 9.69. The molecule has 0 fully saturated rings. The first-order chi connectivity index (χ1) is 15.6. The first-order valence-corrected chi connectivity index (χ1v) is 11.5. The maximum Gasteiger partial charge on any atom is 0.410 e. The Balaban J connectivity index is 1.47. The Morgan fingerprint density at radius 3 is 2.24 bits per heavy atom. The number of fused-ring (bicyclic) bond motifs is 2. The van der Waals surface area contributed by atoms with Crippen molar-refractivity contribution in [2.75, 3.05) is 19.6 Å². The molecule has 9 heteroatoms. The number of ether oxygens (including phenoxy) is 1. The van der Waals surface area contributed by atoms with E-state index in [-0.39, 0.29) is 24.9 Å². The van der Waals surface area contributed by atoms with Crippen molar-refractivity contribution < 1.29 is 19.1 Å². The van der Waals surface area contributed by atoms with Crippen molar-refractivity contribution in [3.05, 3.63) is 64.3 Å². The lowest BCUT2D eigenvalue weighted by molar-refractivity contribution is 0.0219. The van der Waals surface area contributed by atoms with Gasteiger partial charge in [0, 0.05) is 35.7 Å². The van der Waals surface area contributed by atoms with E-state index in [4.69, 9.17) is 4.74 Å². The van der Waals surface area contributed by atoms with Crippen LogP contribution in [0.4, 0.5) is 4.79 Å². The molecule has 3 amide bonds. The molecule has 1 aliphatic heterocycles. The summed E-state index contributed by atoms with van der Waals surface area (Å²) < 4.78 is 8.28. The van der Waals surface area contributed by atoms with Crippen LogP contribution in [0, 0.1) is 0 Å². The van der Waals surface area contributed by atoms with Crippen molar-refractivity contribution in [3.63, 3.8) is 0 Å². The summed E-state index contributed by atoms with van der Waals surface area (Å²) in [5, 5.41) is 5.54. The highest BCUT2D eigenvalue weighted by molar-refractivity contribution is 9.10. The lowest BCUT2D eigenvalue weighted by Crippen LogP contribution is -2.44. The third-order valence-corrected chi connectivity index (χ3v) is 5.96. The van der Waals surface area contributed by atoms with E-state index in [1.807, 2.05) is 24.4 Å². The Labute approximate surface area is 200 Å². The molecule has 2 aromatic carbocycles. The molecule has 8 nitrogen and oxygen atoms in total. The Morgan fingerprint density at radius 1 is 1.00 bits per heavy atom. The standard InChI is InChI=1S/C24H25BrN4O4/c1-24(2,3)33-23(32)27(11-13-28-15-18-19(25)9-6-10-20(18)26-28)12-14-29-21(30)16-7-4-5-8-17(16)22(29)31/h4-10,15H,11-14H2,1-3H3. The fourth-order valence-corrected chi connectivity index (χ4v) is 4.14. The van der Waals surface area contributed by atoms with Crippen LogP contribution in [0.25, 0.3) is 10.9 Å². The van der Waals surface area contributed by atoms with Crippen molar-refractivity contribution in [2.45, 2.75) is 32.9 Å². The zero-order chi connectivity index (χ0) is 23.8. The van der Waals surface area contributed by atoms with Crippen molar-refractivity contribution in [2.24, 2.45) is 0 Å². The SMILES string of the molecule is CC(C)(C)OC(=O)N(CCN1C(=O)c2ccccc2C1=O)CCn1cc2c(Br)cccc2n1. The summed E-state index contributed by atoms with van der Waals surface area (Å²) >= 11 is 3.53. The summed E-state index contributed by atoms with van der Waals surface area (Å²) in [7, 11) is 0. The molecule has 0 atom stereocenters. The molecule has 1 aliphatic rings. The number of amides is 3. The lowest BCUT2D eigenvalue weighted by atomic mass is 10.1. The van der Waals surface area contributed by atoms with Crippen LogP contribution in [-0.4, -0.2) is 62.7 Å². The Kier molecular flexibility index (Phi) is 6.25. The smallest absolute Gasteiger partial charge is 0.410 e. The number of nitrogens with zero attached hydrogens (tertiary/aromatic N) is 4. The van der Waals surface area contributed by atoms with Crippen LogP contribution in [0.15, 0.2) is 53.1 Å². The van der Waals surface area contributed by atoms with Gasteiger partial charge in [-0.1, -0.05) is 34.1 Å². The van der Waals surface area contributed by atoms with Gasteiger partial charge in [0.2, 0.25) is 0 Å². The van der Waals surface area contributed by atoms with Crippen LogP contribution in [0.5, 0.6) is 0 Å². The van der Waals surface area contributed by atoms with Gasteiger partial charge in [0.25, 0.3) is 11.8 Å². The van der Waals surface area contributed by atoms with Gasteiger partial charge in [0.05, 0.1) is 23.2 Å². The molecule has 0 N–H and O–H groups in total. The van der Waals surface area contributed by atoms with Gasteiger partial charge in [-0.2, -0.15) is 5.10 Å². The van der Waals surface area contributed by atoms with Crippen LogP contribution >= 0.6 is 15.9 Å². The van der Waals surface area contributed by atoms with Gasteiger partial charge < -0.3 is 9.64 Å². The average Bonchev–Trinajstić information content (AvgIpc) is 3.28.